The summed E-state index contributed by atoms with van der Waals surface area (Å²) in [6.07, 6.45) is 1.05. The van der Waals surface area contributed by atoms with Crippen molar-refractivity contribution in [3.05, 3.63) is 71.3 Å². The van der Waals surface area contributed by atoms with Crippen molar-refractivity contribution in [1.29, 1.82) is 0 Å². The van der Waals surface area contributed by atoms with Crippen LogP contribution in [-0.4, -0.2) is 19.0 Å². The van der Waals surface area contributed by atoms with Gasteiger partial charge >= 0.3 is 0 Å². The summed E-state index contributed by atoms with van der Waals surface area (Å²) in [6.45, 7) is 5.52. The van der Waals surface area contributed by atoms with Gasteiger partial charge in [-0.05, 0) is 43.5 Å². The van der Waals surface area contributed by atoms with E-state index in [0.717, 1.165) is 18.5 Å². The van der Waals surface area contributed by atoms with Gasteiger partial charge in [-0.2, -0.15) is 0 Å². The Bertz CT molecular complexity index is 679. The minimum Gasteiger partial charge on any atom is -0.353 e. The molecule has 0 saturated carbocycles. The lowest BCUT2D eigenvalue weighted by atomic mass is 9.83. The van der Waals surface area contributed by atoms with E-state index in [1.54, 1.807) is 0 Å². The van der Waals surface area contributed by atoms with Crippen LogP contribution in [0.1, 0.15) is 36.6 Å². The van der Waals surface area contributed by atoms with Crippen LogP contribution in [0.3, 0.4) is 0 Å². The van der Waals surface area contributed by atoms with Gasteiger partial charge in [-0.3, -0.25) is 4.79 Å². The van der Waals surface area contributed by atoms with E-state index in [1.165, 1.54) is 11.1 Å². The van der Waals surface area contributed by atoms with Crippen molar-refractivity contribution in [2.24, 2.45) is 0 Å². The van der Waals surface area contributed by atoms with Crippen LogP contribution >= 0.6 is 0 Å². The van der Waals surface area contributed by atoms with Crippen molar-refractivity contribution >= 4 is 5.91 Å². The molecule has 0 aliphatic carbocycles. The number of hydrogen-bond acceptors (Lipinski definition) is 2. The lowest BCUT2D eigenvalue weighted by Gasteiger charge is -2.29. The summed E-state index contributed by atoms with van der Waals surface area (Å²) in [6, 6.07) is 18.6. The van der Waals surface area contributed by atoms with Crippen LogP contribution in [0.4, 0.5) is 0 Å². The predicted molar refractivity (Wildman–Crippen MR) is 93.4 cm³/mol. The smallest absolute Gasteiger partial charge is 0.230 e. The molecule has 1 unspecified atom stereocenters. The average Bonchev–Trinajstić information content (AvgIpc) is 2.60. The van der Waals surface area contributed by atoms with Crippen LogP contribution in [-0.2, 0) is 16.6 Å². The monoisotopic (exact) mass is 308 g/mol. The fourth-order valence-corrected chi connectivity index (χ4v) is 3.18. The van der Waals surface area contributed by atoms with Gasteiger partial charge < -0.3 is 10.6 Å². The Morgan fingerprint density at radius 1 is 1.13 bits per heavy atom. The van der Waals surface area contributed by atoms with E-state index < -0.39 is 5.41 Å². The molecular formula is C20H24N2O. The summed E-state index contributed by atoms with van der Waals surface area (Å²) >= 11 is 0. The summed E-state index contributed by atoms with van der Waals surface area (Å²) < 4.78 is 0. The van der Waals surface area contributed by atoms with E-state index in [9.17, 15) is 4.79 Å². The number of carbonyl (C=O) groups is 1. The molecule has 1 aliphatic rings. The normalized spacial score (nSPS) is 17.4. The Morgan fingerprint density at radius 3 is 2.61 bits per heavy atom. The fraction of sp³-hybridized carbons (Fsp3) is 0.350. The molecule has 0 spiro atoms. The molecule has 0 fully saturated rings. The van der Waals surface area contributed by atoms with Gasteiger partial charge in [-0.25, -0.2) is 0 Å². The third-order valence-electron chi connectivity index (χ3n) is 4.75. The number of carbonyl (C=O) groups excluding carboxylic acids is 1. The maximum absolute atomic E-state index is 12.7. The van der Waals surface area contributed by atoms with Crippen molar-refractivity contribution in [2.75, 3.05) is 13.1 Å². The van der Waals surface area contributed by atoms with Crippen molar-refractivity contribution in [2.45, 2.75) is 31.7 Å². The molecule has 2 N–H and O–H groups in total. The molecule has 2 aromatic rings. The topological polar surface area (TPSA) is 41.1 Å². The highest BCUT2D eigenvalue weighted by molar-refractivity contribution is 5.87. The molecule has 120 valence electrons. The number of hydrogen-bond donors (Lipinski definition) is 2. The van der Waals surface area contributed by atoms with Crippen molar-refractivity contribution < 1.29 is 4.79 Å². The summed E-state index contributed by atoms with van der Waals surface area (Å²) in [5, 5.41) is 6.64. The second-order valence-electron chi connectivity index (χ2n) is 6.66. The van der Waals surface area contributed by atoms with E-state index in [0.29, 0.717) is 6.54 Å². The zero-order valence-electron chi connectivity index (χ0n) is 13.8. The second kappa shape index (κ2) is 6.55. The highest BCUT2D eigenvalue weighted by Crippen LogP contribution is 2.25. The number of fused-ring (bicyclic) bond motifs is 1. The second-order valence-corrected chi connectivity index (χ2v) is 6.66. The van der Waals surface area contributed by atoms with E-state index in [2.05, 4.69) is 34.9 Å². The van der Waals surface area contributed by atoms with E-state index >= 15 is 0 Å². The lowest BCUT2D eigenvalue weighted by molar-refractivity contribution is -0.125. The van der Waals surface area contributed by atoms with Gasteiger partial charge in [0.15, 0.2) is 0 Å². The van der Waals surface area contributed by atoms with Crippen molar-refractivity contribution in [3.8, 4) is 0 Å². The third-order valence-corrected chi connectivity index (χ3v) is 4.75. The molecule has 3 heteroatoms. The molecule has 0 radical (unpaired) electrons. The maximum Gasteiger partial charge on any atom is 0.230 e. The summed E-state index contributed by atoms with van der Waals surface area (Å²) in [4.78, 5) is 12.7. The van der Waals surface area contributed by atoms with Gasteiger partial charge in [0.05, 0.1) is 5.41 Å². The summed E-state index contributed by atoms with van der Waals surface area (Å²) in [5.41, 5.74) is 3.19. The summed E-state index contributed by atoms with van der Waals surface area (Å²) in [5.74, 6) is 0.0635. The van der Waals surface area contributed by atoms with Crippen molar-refractivity contribution in [1.82, 2.24) is 10.6 Å². The first-order valence-corrected chi connectivity index (χ1v) is 8.24. The van der Waals surface area contributed by atoms with Gasteiger partial charge in [0.1, 0.15) is 0 Å². The first kappa shape index (κ1) is 15.8. The molecule has 0 aromatic heterocycles. The average molecular weight is 308 g/mol. The van der Waals surface area contributed by atoms with Crippen LogP contribution in [0.15, 0.2) is 54.6 Å². The molecule has 23 heavy (non-hydrogen) atoms. The van der Waals surface area contributed by atoms with Crippen LogP contribution in [0.2, 0.25) is 0 Å². The van der Waals surface area contributed by atoms with Gasteiger partial charge in [-0.15, -0.1) is 0 Å². The first-order chi connectivity index (χ1) is 11.1. The van der Waals surface area contributed by atoms with Gasteiger partial charge in [0.25, 0.3) is 0 Å². The number of benzene rings is 2. The van der Waals surface area contributed by atoms with E-state index in [-0.39, 0.29) is 11.9 Å². The quantitative estimate of drug-likeness (QED) is 0.912. The zero-order chi connectivity index (χ0) is 16.3. The molecule has 3 nitrogen and oxygen atoms in total. The maximum atomic E-state index is 12.7. The Hall–Kier alpha value is -2.13. The molecule has 2 aromatic carbocycles. The molecule has 3 rings (SSSR count). The van der Waals surface area contributed by atoms with E-state index in [4.69, 9.17) is 0 Å². The molecule has 0 bridgehead atoms. The van der Waals surface area contributed by atoms with Crippen molar-refractivity contribution in [3.63, 3.8) is 0 Å². The van der Waals surface area contributed by atoms with Crippen LogP contribution in [0.25, 0.3) is 0 Å². The number of nitrogens with one attached hydrogen (secondary N) is 2. The number of rotatable bonds is 4. The van der Waals surface area contributed by atoms with Crippen LogP contribution < -0.4 is 10.6 Å². The lowest BCUT2D eigenvalue weighted by Crippen LogP contribution is -2.45. The van der Waals surface area contributed by atoms with Gasteiger partial charge in [-0.1, -0.05) is 54.6 Å². The standard InChI is InChI=1S/C20H24N2O/c1-20(2,16-9-4-3-5-10-16)19(23)22-14-18-17-11-7-6-8-15(17)12-13-21-18/h3-11,18,21H,12-14H2,1-2H3,(H,22,23). The summed E-state index contributed by atoms with van der Waals surface area (Å²) in [7, 11) is 0. The van der Waals surface area contributed by atoms with Crippen LogP contribution in [0.5, 0.6) is 0 Å². The minimum absolute atomic E-state index is 0.0635. The molecule has 1 atom stereocenters. The SMILES string of the molecule is CC(C)(C(=O)NCC1NCCc2ccccc21)c1ccccc1. The van der Waals surface area contributed by atoms with Gasteiger partial charge in [0.2, 0.25) is 5.91 Å². The van der Waals surface area contributed by atoms with Crippen LogP contribution in [0, 0.1) is 0 Å². The Morgan fingerprint density at radius 2 is 1.83 bits per heavy atom. The first-order valence-electron chi connectivity index (χ1n) is 8.24. The van der Waals surface area contributed by atoms with Gasteiger partial charge in [0, 0.05) is 12.6 Å². The highest BCUT2D eigenvalue weighted by atomic mass is 16.2. The highest BCUT2D eigenvalue weighted by Gasteiger charge is 2.30. The Kier molecular flexibility index (Phi) is 4.49. The predicted octanol–water partition coefficient (Wildman–Crippen LogP) is 2.97. The molecule has 1 aliphatic heterocycles. The fourth-order valence-electron chi connectivity index (χ4n) is 3.18. The van der Waals surface area contributed by atoms with E-state index in [1.807, 2.05) is 44.2 Å². The largest absolute Gasteiger partial charge is 0.353 e. The number of amides is 1. The molecular weight excluding hydrogens is 284 g/mol. The third kappa shape index (κ3) is 3.30. The minimum atomic E-state index is -0.532. The Labute approximate surface area is 138 Å². The molecule has 0 saturated heterocycles. The molecule has 1 amide bonds. The zero-order valence-corrected chi connectivity index (χ0v) is 13.8. The molecule has 1 heterocycles. The Balaban J connectivity index is 1.68.